The minimum absolute atomic E-state index is 0.537. The Morgan fingerprint density at radius 1 is 1.60 bits per heavy atom. The molecule has 0 aliphatic heterocycles. The molecular formula is C6H9BrN2S. The second-order valence-electron chi connectivity index (χ2n) is 1.84. The Bertz CT molecular complexity index is 199. The summed E-state index contributed by atoms with van der Waals surface area (Å²) >= 11 is 5.11. The first-order valence-electron chi connectivity index (χ1n) is 2.98. The van der Waals surface area contributed by atoms with Gasteiger partial charge in [-0.1, -0.05) is 0 Å². The largest absolute Gasteiger partial charge is 0.318 e. The van der Waals surface area contributed by atoms with Crippen molar-refractivity contribution in [1.82, 2.24) is 5.32 Å². The van der Waals surface area contributed by atoms with E-state index in [1.54, 1.807) is 11.3 Å². The average Bonchev–Trinajstić information content (AvgIpc) is 2.31. The molecule has 0 aromatic carbocycles. The number of rotatable bonds is 3. The Morgan fingerprint density at radius 2 is 2.40 bits per heavy atom. The predicted molar refractivity (Wildman–Crippen MR) is 47.9 cm³/mol. The summed E-state index contributed by atoms with van der Waals surface area (Å²) in [6.45, 7) is 1.41. The highest BCUT2D eigenvalue weighted by atomic mass is 79.9. The standard InChI is InChI=1S/C6H9BrN2S/c7-6-2-1-5(10-6)3-9-4-8/h1-2,9H,3-4,8H2. The lowest BCUT2D eigenvalue weighted by Gasteiger charge is -1.95. The van der Waals surface area contributed by atoms with Gasteiger partial charge in [0.2, 0.25) is 0 Å². The van der Waals surface area contributed by atoms with Crippen molar-refractivity contribution >= 4 is 27.3 Å². The quantitative estimate of drug-likeness (QED) is 0.759. The number of nitrogens with one attached hydrogen (secondary N) is 1. The third-order valence-electron chi connectivity index (χ3n) is 1.07. The fraction of sp³-hybridized carbons (Fsp3) is 0.333. The topological polar surface area (TPSA) is 38.0 Å². The third-order valence-corrected chi connectivity index (χ3v) is 2.70. The van der Waals surface area contributed by atoms with Gasteiger partial charge in [-0.25, -0.2) is 0 Å². The van der Waals surface area contributed by atoms with Crippen LogP contribution in [0.3, 0.4) is 0 Å². The molecule has 0 aliphatic rings. The van der Waals surface area contributed by atoms with E-state index in [-0.39, 0.29) is 0 Å². The van der Waals surface area contributed by atoms with E-state index in [2.05, 4.69) is 27.3 Å². The summed E-state index contributed by atoms with van der Waals surface area (Å²) in [7, 11) is 0. The van der Waals surface area contributed by atoms with Crippen LogP contribution < -0.4 is 11.1 Å². The Hall–Kier alpha value is 0.1000. The zero-order valence-electron chi connectivity index (χ0n) is 5.43. The third kappa shape index (κ3) is 2.38. The Morgan fingerprint density at radius 3 is 2.90 bits per heavy atom. The maximum Gasteiger partial charge on any atom is 0.0701 e. The van der Waals surface area contributed by atoms with E-state index in [1.807, 2.05) is 6.07 Å². The normalized spacial score (nSPS) is 10.2. The molecule has 1 rings (SSSR count). The smallest absolute Gasteiger partial charge is 0.0701 e. The van der Waals surface area contributed by atoms with E-state index in [1.165, 1.54) is 8.66 Å². The van der Waals surface area contributed by atoms with Crippen LogP contribution in [0, 0.1) is 0 Å². The van der Waals surface area contributed by atoms with Crippen molar-refractivity contribution in [2.45, 2.75) is 6.54 Å². The van der Waals surface area contributed by atoms with Crippen molar-refractivity contribution in [3.8, 4) is 0 Å². The van der Waals surface area contributed by atoms with Gasteiger partial charge in [-0.05, 0) is 28.1 Å². The molecule has 4 heteroatoms. The highest BCUT2D eigenvalue weighted by Gasteiger charge is 1.94. The first-order valence-corrected chi connectivity index (χ1v) is 4.59. The van der Waals surface area contributed by atoms with E-state index in [0.717, 1.165) is 6.54 Å². The van der Waals surface area contributed by atoms with Gasteiger partial charge in [0.25, 0.3) is 0 Å². The van der Waals surface area contributed by atoms with Crippen LogP contribution >= 0.6 is 27.3 Å². The van der Waals surface area contributed by atoms with Crippen molar-refractivity contribution in [2.75, 3.05) is 6.67 Å². The van der Waals surface area contributed by atoms with Gasteiger partial charge in [-0.3, -0.25) is 5.32 Å². The van der Waals surface area contributed by atoms with Gasteiger partial charge in [0.05, 0.1) is 3.79 Å². The van der Waals surface area contributed by atoms with Crippen LogP contribution in [0.25, 0.3) is 0 Å². The lowest BCUT2D eigenvalue weighted by Crippen LogP contribution is -2.20. The number of hydrogen-bond donors (Lipinski definition) is 2. The summed E-state index contributed by atoms with van der Waals surface area (Å²) in [6.07, 6.45) is 0. The molecule has 0 saturated heterocycles. The summed E-state index contributed by atoms with van der Waals surface area (Å²) in [5.74, 6) is 0. The number of halogens is 1. The molecule has 0 unspecified atom stereocenters. The minimum atomic E-state index is 0.537. The summed E-state index contributed by atoms with van der Waals surface area (Å²) < 4.78 is 1.17. The molecule has 0 radical (unpaired) electrons. The molecule has 0 aliphatic carbocycles. The van der Waals surface area contributed by atoms with Gasteiger partial charge in [-0.2, -0.15) is 0 Å². The maximum atomic E-state index is 5.26. The molecule has 0 saturated carbocycles. The van der Waals surface area contributed by atoms with Crippen LogP contribution in [0.4, 0.5) is 0 Å². The van der Waals surface area contributed by atoms with Crippen LogP contribution in [-0.2, 0) is 6.54 Å². The summed E-state index contributed by atoms with van der Waals surface area (Å²) in [5.41, 5.74) is 5.26. The molecule has 0 spiro atoms. The molecule has 10 heavy (non-hydrogen) atoms. The molecule has 2 nitrogen and oxygen atoms in total. The second kappa shape index (κ2) is 4.08. The second-order valence-corrected chi connectivity index (χ2v) is 4.38. The zero-order valence-corrected chi connectivity index (χ0v) is 7.83. The van der Waals surface area contributed by atoms with Crippen LogP contribution in [0.5, 0.6) is 0 Å². The number of hydrogen-bond acceptors (Lipinski definition) is 3. The Labute approximate surface area is 72.6 Å². The SMILES string of the molecule is NCNCc1ccc(Br)s1. The number of nitrogens with two attached hydrogens (primary N) is 1. The molecule has 1 aromatic rings. The lowest BCUT2D eigenvalue weighted by molar-refractivity contribution is 0.717. The van der Waals surface area contributed by atoms with E-state index in [9.17, 15) is 0 Å². The maximum absolute atomic E-state index is 5.26. The highest BCUT2D eigenvalue weighted by molar-refractivity contribution is 9.11. The van der Waals surface area contributed by atoms with Crippen molar-refractivity contribution in [3.05, 3.63) is 20.8 Å². The summed E-state index contributed by atoms with van der Waals surface area (Å²) in [6, 6.07) is 4.12. The van der Waals surface area contributed by atoms with Crippen LogP contribution in [0.1, 0.15) is 4.88 Å². The van der Waals surface area contributed by atoms with Gasteiger partial charge in [0, 0.05) is 18.1 Å². The predicted octanol–water partition coefficient (Wildman–Crippen LogP) is 1.52. The molecule has 0 atom stereocenters. The molecular weight excluding hydrogens is 212 g/mol. The molecule has 0 fully saturated rings. The van der Waals surface area contributed by atoms with Gasteiger partial charge in [-0.15, -0.1) is 11.3 Å². The molecule has 56 valence electrons. The molecule has 1 aromatic heterocycles. The minimum Gasteiger partial charge on any atom is -0.318 e. The van der Waals surface area contributed by atoms with E-state index in [0.29, 0.717) is 6.67 Å². The van der Waals surface area contributed by atoms with Crippen LogP contribution in [0.15, 0.2) is 15.9 Å². The molecule has 0 amide bonds. The van der Waals surface area contributed by atoms with Crippen molar-refractivity contribution in [1.29, 1.82) is 0 Å². The monoisotopic (exact) mass is 220 g/mol. The van der Waals surface area contributed by atoms with E-state index in [4.69, 9.17) is 5.73 Å². The van der Waals surface area contributed by atoms with Crippen LogP contribution in [-0.4, -0.2) is 6.67 Å². The fourth-order valence-corrected chi connectivity index (χ4v) is 2.09. The van der Waals surface area contributed by atoms with Gasteiger partial charge in [0.15, 0.2) is 0 Å². The molecule has 0 bridgehead atoms. The summed E-state index contributed by atoms with van der Waals surface area (Å²) in [5, 5.41) is 3.05. The number of thiophene rings is 1. The van der Waals surface area contributed by atoms with Gasteiger partial charge in [0.1, 0.15) is 0 Å². The summed E-state index contributed by atoms with van der Waals surface area (Å²) in [4.78, 5) is 1.30. The Balaban J connectivity index is 2.42. The van der Waals surface area contributed by atoms with E-state index >= 15 is 0 Å². The van der Waals surface area contributed by atoms with Gasteiger partial charge >= 0.3 is 0 Å². The van der Waals surface area contributed by atoms with Crippen molar-refractivity contribution in [2.24, 2.45) is 5.73 Å². The Kier molecular flexibility index (Phi) is 3.34. The fourth-order valence-electron chi connectivity index (χ4n) is 0.642. The average molecular weight is 221 g/mol. The lowest BCUT2D eigenvalue weighted by atomic mass is 10.5. The zero-order chi connectivity index (χ0) is 7.40. The van der Waals surface area contributed by atoms with Crippen LogP contribution in [0.2, 0.25) is 0 Å². The first-order chi connectivity index (χ1) is 4.83. The molecule has 3 N–H and O–H groups in total. The van der Waals surface area contributed by atoms with Gasteiger partial charge < -0.3 is 5.73 Å². The first kappa shape index (κ1) is 8.20. The molecule has 1 heterocycles. The highest BCUT2D eigenvalue weighted by Crippen LogP contribution is 2.21. The van der Waals surface area contributed by atoms with Crippen molar-refractivity contribution < 1.29 is 0 Å². The van der Waals surface area contributed by atoms with E-state index < -0.39 is 0 Å². The van der Waals surface area contributed by atoms with Crippen molar-refractivity contribution in [3.63, 3.8) is 0 Å².